The minimum Gasteiger partial charge on any atom is -0.346 e. The topological polar surface area (TPSA) is 95.6 Å². The quantitative estimate of drug-likeness (QED) is 0.636. The molecule has 178 valence electrons. The first kappa shape index (κ1) is 23.5. The highest BCUT2D eigenvalue weighted by Gasteiger charge is 2.41. The number of hydrogen-bond donors (Lipinski definition) is 2. The molecule has 0 bridgehead atoms. The number of halogens is 2. The minimum atomic E-state index is -3.69. The number of carbonyl (C=O) groups excluding carboxylic acids is 4. The highest BCUT2D eigenvalue weighted by atomic mass is 19.3. The molecule has 1 fully saturated rings. The normalized spacial score (nSPS) is 18.2. The zero-order valence-electron chi connectivity index (χ0n) is 18.9. The van der Waals surface area contributed by atoms with Gasteiger partial charge in [-0.15, -0.1) is 0 Å². The van der Waals surface area contributed by atoms with Crippen molar-refractivity contribution in [1.29, 1.82) is 0 Å². The standard InChI is InChI=1S/C25H25F2N3O4/c1-14(2)16-4-6-18(7-5-16)25(26,27)24(34)28-12-15-3-8-19-17(11-15)13-30(23(19)33)20-9-10-21(31)29-22(20)32/h3-8,11,14,20H,9-10,12-13H2,1-2H3,(H,28,34)(H,29,31,32)/t20-/m1/s1. The number of nitrogens with one attached hydrogen (secondary N) is 2. The summed E-state index contributed by atoms with van der Waals surface area (Å²) in [5.41, 5.74) is 2.12. The van der Waals surface area contributed by atoms with Gasteiger partial charge in [-0.1, -0.05) is 50.2 Å². The number of carbonyl (C=O) groups is 4. The Balaban J connectivity index is 1.42. The largest absolute Gasteiger partial charge is 0.349 e. The fourth-order valence-corrected chi connectivity index (χ4v) is 4.24. The first-order valence-corrected chi connectivity index (χ1v) is 11.1. The first-order chi connectivity index (χ1) is 16.1. The lowest BCUT2D eigenvalue weighted by Crippen LogP contribution is -2.52. The van der Waals surface area contributed by atoms with Crippen molar-refractivity contribution in [2.45, 2.75) is 57.7 Å². The molecule has 0 unspecified atom stereocenters. The molecule has 0 spiro atoms. The van der Waals surface area contributed by atoms with Crippen LogP contribution in [-0.4, -0.2) is 34.6 Å². The van der Waals surface area contributed by atoms with Crippen molar-refractivity contribution < 1.29 is 28.0 Å². The second kappa shape index (κ2) is 8.96. The molecule has 0 aromatic heterocycles. The van der Waals surface area contributed by atoms with E-state index >= 15 is 0 Å². The summed E-state index contributed by atoms with van der Waals surface area (Å²) >= 11 is 0. The molecule has 0 aliphatic carbocycles. The zero-order chi connectivity index (χ0) is 24.6. The fourth-order valence-electron chi connectivity index (χ4n) is 4.24. The monoisotopic (exact) mass is 469 g/mol. The Kier molecular flexibility index (Phi) is 6.20. The van der Waals surface area contributed by atoms with Crippen LogP contribution in [0.5, 0.6) is 0 Å². The summed E-state index contributed by atoms with van der Waals surface area (Å²) in [5.74, 6) is -6.10. The molecule has 7 nitrogen and oxygen atoms in total. The Hall–Kier alpha value is -3.62. The molecule has 1 saturated heterocycles. The molecule has 2 aliphatic heterocycles. The fraction of sp³-hybridized carbons (Fsp3) is 0.360. The Morgan fingerprint density at radius 1 is 1.15 bits per heavy atom. The van der Waals surface area contributed by atoms with Crippen LogP contribution in [0, 0.1) is 0 Å². The highest BCUT2D eigenvalue weighted by Crippen LogP contribution is 2.31. The van der Waals surface area contributed by atoms with Crippen LogP contribution >= 0.6 is 0 Å². The molecule has 2 aromatic rings. The Morgan fingerprint density at radius 3 is 2.50 bits per heavy atom. The van der Waals surface area contributed by atoms with E-state index in [2.05, 4.69) is 10.6 Å². The second-order valence-electron chi connectivity index (χ2n) is 8.93. The van der Waals surface area contributed by atoms with Crippen molar-refractivity contribution in [3.05, 3.63) is 70.3 Å². The third kappa shape index (κ3) is 4.42. The van der Waals surface area contributed by atoms with E-state index in [0.29, 0.717) is 16.7 Å². The number of fused-ring (bicyclic) bond motifs is 1. The van der Waals surface area contributed by atoms with Crippen LogP contribution in [-0.2, 0) is 33.4 Å². The van der Waals surface area contributed by atoms with Gasteiger partial charge < -0.3 is 10.2 Å². The zero-order valence-corrected chi connectivity index (χ0v) is 18.9. The molecule has 1 atom stereocenters. The first-order valence-electron chi connectivity index (χ1n) is 11.1. The number of amides is 4. The SMILES string of the molecule is CC(C)c1ccc(C(F)(F)C(=O)NCc2ccc3c(c2)CN([C@@H]2CCC(=O)NC2=O)C3=O)cc1. The van der Waals surface area contributed by atoms with Crippen molar-refractivity contribution in [3.63, 3.8) is 0 Å². The summed E-state index contributed by atoms with van der Waals surface area (Å²) in [6.45, 7) is 3.93. The van der Waals surface area contributed by atoms with Crippen molar-refractivity contribution >= 4 is 23.6 Å². The maximum atomic E-state index is 14.7. The Morgan fingerprint density at radius 2 is 1.85 bits per heavy atom. The predicted octanol–water partition coefficient (Wildman–Crippen LogP) is 2.98. The molecule has 34 heavy (non-hydrogen) atoms. The van der Waals surface area contributed by atoms with Gasteiger partial charge in [0.1, 0.15) is 6.04 Å². The van der Waals surface area contributed by atoms with Crippen molar-refractivity contribution in [1.82, 2.24) is 15.5 Å². The van der Waals surface area contributed by atoms with E-state index in [0.717, 1.165) is 5.56 Å². The number of imide groups is 1. The smallest absolute Gasteiger partial charge is 0.346 e. The van der Waals surface area contributed by atoms with Crippen LogP contribution in [0.15, 0.2) is 42.5 Å². The van der Waals surface area contributed by atoms with Gasteiger partial charge in [-0.2, -0.15) is 8.78 Å². The lowest BCUT2D eigenvalue weighted by Gasteiger charge is -2.29. The third-order valence-corrected chi connectivity index (χ3v) is 6.27. The number of hydrogen-bond acceptors (Lipinski definition) is 4. The Labute approximate surface area is 195 Å². The summed E-state index contributed by atoms with van der Waals surface area (Å²) in [7, 11) is 0. The van der Waals surface area contributed by atoms with Gasteiger partial charge in [0.05, 0.1) is 0 Å². The van der Waals surface area contributed by atoms with Crippen LogP contribution in [0.3, 0.4) is 0 Å². The molecular weight excluding hydrogens is 444 g/mol. The van der Waals surface area contributed by atoms with Crippen LogP contribution in [0.25, 0.3) is 0 Å². The lowest BCUT2D eigenvalue weighted by atomic mass is 9.99. The van der Waals surface area contributed by atoms with Crippen LogP contribution in [0.1, 0.15) is 65.2 Å². The molecule has 9 heteroatoms. The van der Waals surface area contributed by atoms with E-state index in [1.807, 2.05) is 13.8 Å². The molecule has 2 aliphatic rings. The molecule has 0 saturated carbocycles. The molecule has 4 rings (SSSR count). The summed E-state index contributed by atoms with van der Waals surface area (Å²) in [5, 5.41) is 4.52. The molecule has 2 heterocycles. The van der Waals surface area contributed by atoms with E-state index in [1.165, 1.54) is 17.0 Å². The average molecular weight is 469 g/mol. The van der Waals surface area contributed by atoms with E-state index < -0.39 is 23.8 Å². The highest BCUT2D eigenvalue weighted by molar-refractivity contribution is 6.05. The number of nitrogens with zero attached hydrogens (tertiary/aromatic N) is 1. The molecular formula is C25H25F2N3O4. The second-order valence-corrected chi connectivity index (χ2v) is 8.93. The molecule has 0 radical (unpaired) electrons. The van der Waals surface area contributed by atoms with Gasteiger partial charge in [-0.25, -0.2) is 0 Å². The van der Waals surface area contributed by atoms with Crippen LogP contribution in [0.4, 0.5) is 8.78 Å². The number of piperidine rings is 1. The summed E-state index contributed by atoms with van der Waals surface area (Å²) in [6.07, 6.45) is 0.406. The van der Waals surface area contributed by atoms with Gasteiger partial charge in [0, 0.05) is 30.6 Å². The minimum absolute atomic E-state index is 0.140. The van der Waals surface area contributed by atoms with Gasteiger partial charge in [0.2, 0.25) is 11.8 Å². The van der Waals surface area contributed by atoms with Crippen LogP contribution in [0.2, 0.25) is 0 Å². The van der Waals surface area contributed by atoms with Crippen molar-refractivity contribution in [2.75, 3.05) is 0 Å². The van der Waals surface area contributed by atoms with Gasteiger partial charge in [-0.3, -0.25) is 24.5 Å². The number of alkyl halides is 2. The van der Waals surface area contributed by atoms with Crippen molar-refractivity contribution in [3.8, 4) is 0 Å². The summed E-state index contributed by atoms with van der Waals surface area (Å²) in [4.78, 5) is 50.0. The summed E-state index contributed by atoms with van der Waals surface area (Å²) in [6, 6.07) is 9.78. The van der Waals surface area contributed by atoms with Gasteiger partial charge in [-0.05, 0) is 35.1 Å². The average Bonchev–Trinajstić information content (AvgIpc) is 3.13. The molecule has 4 amide bonds. The molecule has 2 N–H and O–H groups in total. The number of rotatable bonds is 6. The lowest BCUT2D eigenvalue weighted by molar-refractivity contribution is -0.147. The summed E-state index contributed by atoms with van der Waals surface area (Å²) < 4.78 is 29.3. The van der Waals surface area contributed by atoms with Gasteiger partial charge >= 0.3 is 5.92 Å². The maximum Gasteiger partial charge on any atom is 0.349 e. The predicted molar refractivity (Wildman–Crippen MR) is 119 cm³/mol. The van der Waals surface area contributed by atoms with E-state index in [9.17, 15) is 28.0 Å². The van der Waals surface area contributed by atoms with E-state index in [-0.39, 0.29) is 49.2 Å². The maximum absolute atomic E-state index is 14.7. The van der Waals surface area contributed by atoms with E-state index in [4.69, 9.17) is 0 Å². The van der Waals surface area contributed by atoms with Gasteiger partial charge in [0.15, 0.2) is 0 Å². The Bertz CT molecular complexity index is 1160. The van der Waals surface area contributed by atoms with Gasteiger partial charge in [0.25, 0.3) is 11.8 Å². The third-order valence-electron chi connectivity index (χ3n) is 6.27. The van der Waals surface area contributed by atoms with Crippen molar-refractivity contribution in [2.24, 2.45) is 0 Å². The molecule has 2 aromatic carbocycles. The van der Waals surface area contributed by atoms with E-state index in [1.54, 1.807) is 30.3 Å². The van der Waals surface area contributed by atoms with Crippen LogP contribution < -0.4 is 10.6 Å². The number of benzene rings is 2.